The highest BCUT2D eigenvalue weighted by atomic mass is 19.1. The zero-order chi connectivity index (χ0) is 34.1. The molecule has 0 aliphatic carbocycles. The van der Waals surface area contributed by atoms with Gasteiger partial charge in [-0.1, -0.05) is 38.1 Å². The predicted octanol–water partition coefficient (Wildman–Crippen LogP) is 6.78. The lowest BCUT2D eigenvalue weighted by atomic mass is 10.0. The number of carbonyl (C=O) groups excluding carboxylic acids is 2. The number of amides is 2. The van der Waals surface area contributed by atoms with Gasteiger partial charge in [0, 0.05) is 51.4 Å². The minimum Gasteiger partial charge on any atom is -0.442 e. The maximum absolute atomic E-state index is 15.4. The topological polar surface area (TPSA) is 70.1 Å². The highest BCUT2D eigenvalue weighted by Crippen LogP contribution is 2.33. The average Bonchev–Trinajstić information content (AvgIpc) is 3.59. The normalized spacial score (nSPS) is 16.9. The molecule has 0 bridgehead atoms. The van der Waals surface area contributed by atoms with Gasteiger partial charge in [0.25, 0.3) is 0 Å². The lowest BCUT2D eigenvalue weighted by Gasteiger charge is -2.36. The number of benzene rings is 3. The number of ether oxygens (including phenoxy) is 1. The molecule has 2 saturated heterocycles. The van der Waals surface area contributed by atoms with Crippen molar-refractivity contribution in [1.29, 1.82) is 0 Å². The molecule has 6 rings (SSSR count). The van der Waals surface area contributed by atoms with Gasteiger partial charge in [-0.2, -0.15) is 0 Å². The molecule has 4 aromatic rings. The molecule has 3 heterocycles. The first-order valence-electron chi connectivity index (χ1n) is 16.2. The molecule has 3 aromatic carbocycles. The summed E-state index contributed by atoms with van der Waals surface area (Å²) < 4.78 is 51.6. The van der Waals surface area contributed by atoms with Gasteiger partial charge in [-0.3, -0.25) is 14.6 Å². The smallest absolute Gasteiger partial charge is 0.414 e. The molecule has 0 spiro atoms. The van der Waals surface area contributed by atoms with E-state index in [0.717, 1.165) is 28.6 Å². The average molecular weight is 660 g/mol. The molecule has 0 saturated carbocycles. The summed E-state index contributed by atoms with van der Waals surface area (Å²) >= 11 is 0. The standard InChI is InChI=1S/C37H40F3N5O3/c1-23(2)26-5-7-27(8-6-26)36-17-28(24(3)45(36)35-11-9-29(38)18-32(35)39)21-42-13-15-43(16-14-42)34-12-10-30(19-33(34)40)44-22-31(48-37(44)47)20-41-25(4)46/h5-12,17-19,23,31H,13-16,20-22H2,1-4H3,(H,41,46)/t31-/m0/s1. The first kappa shape index (κ1) is 33.1. The Hall–Kier alpha value is -4.77. The van der Waals surface area contributed by atoms with E-state index in [1.807, 2.05) is 28.5 Å². The zero-order valence-corrected chi connectivity index (χ0v) is 27.6. The Balaban J connectivity index is 1.16. The number of piperazine rings is 1. The van der Waals surface area contributed by atoms with Gasteiger partial charge in [0.05, 0.1) is 35.8 Å². The summed E-state index contributed by atoms with van der Waals surface area (Å²) in [6.07, 6.45) is -1.08. The molecule has 1 N–H and O–H groups in total. The Morgan fingerprint density at radius 2 is 1.60 bits per heavy atom. The molecular formula is C37H40F3N5O3. The minimum absolute atomic E-state index is 0.197. The molecule has 2 aliphatic rings. The van der Waals surface area contributed by atoms with Gasteiger partial charge in [0.15, 0.2) is 0 Å². The Labute approximate surface area is 278 Å². The van der Waals surface area contributed by atoms with Crippen LogP contribution >= 0.6 is 0 Å². The summed E-state index contributed by atoms with van der Waals surface area (Å²) in [6.45, 7) is 11.2. The van der Waals surface area contributed by atoms with E-state index in [4.69, 9.17) is 4.74 Å². The van der Waals surface area contributed by atoms with Gasteiger partial charge in [0.1, 0.15) is 23.6 Å². The Morgan fingerprint density at radius 3 is 2.25 bits per heavy atom. The number of nitrogens with one attached hydrogen (secondary N) is 1. The summed E-state index contributed by atoms with van der Waals surface area (Å²) in [4.78, 5) is 29.3. The van der Waals surface area contributed by atoms with E-state index in [0.29, 0.717) is 50.0 Å². The van der Waals surface area contributed by atoms with Crippen LogP contribution in [0.25, 0.3) is 16.9 Å². The van der Waals surface area contributed by atoms with Crippen LogP contribution in [0.5, 0.6) is 0 Å². The van der Waals surface area contributed by atoms with Crippen LogP contribution < -0.4 is 15.1 Å². The van der Waals surface area contributed by atoms with E-state index in [2.05, 4.69) is 42.3 Å². The maximum atomic E-state index is 15.4. The van der Waals surface area contributed by atoms with Crippen molar-refractivity contribution < 1.29 is 27.5 Å². The van der Waals surface area contributed by atoms with Crippen molar-refractivity contribution in [2.45, 2.75) is 46.3 Å². The van der Waals surface area contributed by atoms with E-state index >= 15 is 8.78 Å². The Bertz CT molecular complexity index is 1820. The number of aromatic nitrogens is 1. The minimum atomic E-state index is -0.631. The highest BCUT2D eigenvalue weighted by Gasteiger charge is 2.33. The number of hydrogen-bond acceptors (Lipinski definition) is 5. The van der Waals surface area contributed by atoms with Crippen LogP contribution in [-0.4, -0.2) is 66.8 Å². The van der Waals surface area contributed by atoms with Crippen LogP contribution in [0.15, 0.2) is 66.7 Å². The Morgan fingerprint density at radius 1 is 0.917 bits per heavy atom. The number of anilines is 2. The summed E-state index contributed by atoms with van der Waals surface area (Å²) in [5, 5.41) is 2.64. The van der Waals surface area contributed by atoms with Crippen molar-refractivity contribution in [3.63, 3.8) is 0 Å². The van der Waals surface area contributed by atoms with Crippen molar-refractivity contribution in [1.82, 2.24) is 14.8 Å². The van der Waals surface area contributed by atoms with Gasteiger partial charge in [-0.05, 0) is 65.9 Å². The monoisotopic (exact) mass is 659 g/mol. The molecule has 48 heavy (non-hydrogen) atoms. The van der Waals surface area contributed by atoms with Gasteiger partial charge in [-0.15, -0.1) is 0 Å². The fourth-order valence-corrected chi connectivity index (χ4v) is 6.45. The molecule has 8 nitrogen and oxygen atoms in total. The number of nitrogens with zero attached hydrogens (tertiary/aromatic N) is 4. The quantitative estimate of drug-likeness (QED) is 0.215. The number of halogens is 3. The second kappa shape index (κ2) is 13.8. The fraction of sp³-hybridized carbons (Fsp3) is 0.351. The van der Waals surface area contributed by atoms with Gasteiger partial charge in [0.2, 0.25) is 5.91 Å². The summed E-state index contributed by atoms with van der Waals surface area (Å²) in [5.74, 6) is -1.53. The van der Waals surface area contributed by atoms with Crippen LogP contribution in [0, 0.1) is 24.4 Å². The molecule has 0 radical (unpaired) electrons. The van der Waals surface area contributed by atoms with E-state index in [9.17, 15) is 14.0 Å². The molecule has 1 atom stereocenters. The third-order valence-corrected chi connectivity index (χ3v) is 9.18. The molecule has 0 unspecified atom stereocenters. The van der Waals surface area contributed by atoms with Crippen molar-refractivity contribution >= 4 is 23.4 Å². The second-order valence-corrected chi connectivity index (χ2v) is 12.8. The summed E-state index contributed by atoms with van der Waals surface area (Å²) in [5.41, 5.74) is 6.01. The van der Waals surface area contributed by atoms with Crippen molar-refractivity contribution in [3.05, 3.63) is 101 Å². The van der Waals surface area contributed by atoms with E-state index in [-0.39, 0.29) is 24.7 Å². The lowest BCUT2D eigenvalue weighted by Crippen LogP contribution is -2.46. The molecule has 2 amide bonds. The number of carbonyl (C=O) groups is 2. The Kier molecular flexibility index (Phi) is 9.50. The second-order valence-electron chi connectivity index (χ2n) is 12.8. The molecule has 2 aliphatic heterocycles. The molecular weight excluding hydrogens is 619 g/mol. The first-order chi connectivity index (χ1) is 23.0. The zero-order valence-electron chi connectivity index (χ0n) is 27.6. The van der Waals surface area contributed by atoms with Crippen molar-refractivity contribution in [2.24, 2.45) is 0 Å². The number of hydrogen-bond donors (Lipinski definition) is 1. The van der Waals surface area contributed by atoms with E-state index in [1.165, 1.54) is 35.6 Å². The van der Waals surface area contributed by atoms with Crippen molar-refractivity contribution in [2.75, 3.05) is 49.1 Å². The highest BCUT2D eigenvalue weighted by molar-refractivity contribution is 5.90. The molecule has 11 heteroatoms. The fourth-order valence-electron chi connectivity index (χ4n) is 6.45. The summed E-state index contributed by atoms with van der Waals surface area (Å²) in [6, 6.07) is 18.7. The molecule has 1 aromatic heterocycles. The SMILES string of the molecule is CC(=O)NC[C@H]1CN(c2ccc(N3CCN(Cc4cc(-c5ccc(C(C)C)cc5)n(-c5ccc(F)cc5F)c4C)CC3)c(F)c2)C(=O)O1. The third-order valence-electron chi connectivity index (χ3n) is 9.18. The third kappa shape index (κ3) is 6.92. The van der Waals surface area contributed by atoms with Crippen LogP contribution in [0.1, 0.15) is 43.5 Å². The van der Waals surface area contributed by atoms with Gasteiger partial charge in [-0.25, -0.2) is 18.0 Å². The number of rotatable bonds is 9. The van der Waals surface area contributed by atoms with E-state index < -0.39 is 29.6 Å². The van der Waals surface area contributed by atoms with Crippen LogP contribution in [0.4, 0.5) is 29.3 Å². The largest absolute Gasteiger partial charge is 0.442 e. The first-order valence-corrected chi connectivity index (χ1v) is 16.2. The van der Waals surface area contributed by atoms with Crippen LogP contribution in [0.2, 0.25) is 0 Å². The van der Waals surface area contributed by atoms with Gasteiger partial charge < -0.3 is 19.5 Å². The van der Waals surface area contributed by atoms with Crippen molar-refractivity contribution in [3.8, 4) is 16.9 Å². The predicted molar refractivity (Wildman–Crippen MR) is 180 cm³/mol. The molecule has 252 valence electrons. The van der Waals surface area contributed by atoms with Crippen LogP contribution in [-0.2, 0) is 16.1 Å². The molecule has 2 fully saturated rings. The van der Waals surface area contributed by atoms with E-state index in [1.54, 1.807) is 12.1 Å². The van der Waals surface area contributed by atoms with Gasteiger partial charge >= 0.3 is 6.09 Å². The van der Waals surface area contributed by atoms with Crippen LogP contribution in [0.3, 0.4) is 0 Å². The lowest BCUT2D eigenvalue weighted by molar-refractivity contribution is -0.119. The maximum Gasteiger partial charge on any atom is 0.414 e. The number of cyclic esters (lactones) is 1. The summed E-state index contributed by atoms with van der Waals surface area (Å²) in [7, 11) is 0.